The van der Waals surface area contributed by atoms with Gasteiger partial charge in [-0.1, -0.05) is 48.6 Å². The maximum atomic E-state index is 12.4. The average Bonchev–Trinajstić information content (AvgIpc) is 3.03. The van der Waals surface area contributed by atoms with Crippen LogP contribution in [-0.2, 0) is 6.42 Å². The van der Waals surface area contributed by atoms with E-state index >= 15 is 0 Å². The SMILES string of the molecule is CCCc1nnc(NC(=O)c2ccc(-c3ccccc3)nc2C)s1. The minimum atomic E-state index is -0.209. The topological polar surface area (TPSA) is 67.8 Å². The zero-order valence-electron chi connectivity index (χ0n) is 13.6. The molecule has 1 aromatic carbocycles. The van der Waals surface area contributed by atoms with E-state index in [4.69, 9.17) is 0 Å². The Balaban J connectivity index is 1.77. The van der Waals surface area contributed by atoms with Crippen LogP contribution in [-0.4, -0.2) is 21.1 Å². The monoisotopic (exact) mass is 338 g/mol. The van der Waals surface area contributed by atoms with Gasteiger partial charge in [0.15, 0.2) is 0 Å². The summed E-state index contributed by atoms with van der Waals surface area (Å²) in [5.41, 5.74) is 3.11. The number of anilines is 1. The second-order valence-electron chi connectivity index (χ2n) is 5.40. The van der Waals surface area contributed by atoms with E-state index in [1.165, 1.54) is 11.3 Å². The van der Waals surface area contributed by atoms with Gasteiger partial charge in [-0.15, -0.1) is 10.2 Å². The number of carbonyl (C=O) groups excluding carboxylic acids is 1. The summed E-state index contributed by atoms with van der Waals surface area (Å²) in [7, 11) is 0. The van der Waals surface area contributed by atoms with Crippen molar-refractivity contribution >= 4 is 22.4 Å². The molecule has 0 unspecified atom stereocenters. The molecule has 2 heterocycles. The zero-order valence-corrected chi connectivity index (χ0v) is 14.4. The van der Waals surface area contributed by atoms with Crippen LogP contribution in [0.3, 0.4) is 0 Å². The molecule has 0 aliphatic rings. The smallest absolute Gasteiger partial charge is 0.259 e. The molecule has 6 heteroatoms. The Kier molecular flexibility index (Phi) is 4.96. The van der Waals surface area contributed by atoms with Gasteiger partial charge < -0.3 is 0 Å². The molecule has 2 aromatic heterocycles. The van der Waals surface area contributed by atoms with Gasteiger partial charge in [0.2, 0.25) is 5.13 Å². The summed E-state index contributed by atoms with van der Waals surface area (Å²) in [6, 6.07) is 13.6. The van der Waals surface area contributed by atoms with Gasteiger partial charge in [0.25, 0.3) is 5.91 Å². The quantitative estimate of drug-likeness (QED) is 0.760. The minimum Gasteiger partial charge on any atom is -0.296 e. The maximum absolute atomic E-state index is 12.4. The van der Waals surface area contributed by atoms with E-state index in [9.17, 15) is 4.79 Å². The average molecular weight is 338 g/mol. The third kappa shape index (κ3) is 3.65. The van der Waals surface area contributed by atoms with Crippen molar-refractivity contribution in [3.05, 3.63) is 58.7 Å². The summed E-state index contributed by atoms with van der Waals surface area (Å²) >= 11 is 1.41. The van der Waals surface area contributed by atoms with E-state index < -0.39 is 0 Å². The zero-order chi connectivity index (χ0) is 16.9. The first-order chi connectivity index (χ1) is 11.7. The fourth-order valence-electron chi connectivity index (χ4n) is 2.35. The molecule has 24 heavy (non-hydrogen) atoms. The van der Waals surface area contributed by atoms with Crippen LogP contribution in [0.5, 0.6) is 0 Å². The lowest BCUT2D eigenvalue weighted by molar-refractivity contribution is 0.102. The Morgan fingerprint density at radius 1 is 1.12 bits per heavy atom. The van der Waals surface area contributed by atoms with Crippen LogP contribution in [0.15, 0.2) is 42.5 Å². The van der Waals surface area contributed by atoms with Crippen LogP contribution in [0.1, 0.15) is 34.4 Å². The first-order valence-corrected chi connectivity index (χ1v) is 8.66. The van der Waals surface area contributed by atoms with Crippen molar-refractivity contribution in [2.75, 3.05) is 5.32 Å². The Morgan fingerprint density at radius 2 is 1.92 bits per heavy atom. The van der Waals surface area contributed by atoms with Crippen LogP contribution in [0.2, 0.25) is 0 Å². The lowest BCUT2D eigenvalue weighted by Crippen LogP contribution is -2.14. The van der Waals surface area contributed by atoms with Gasteiger partial charge in [0.05, 0.1) is 17.0 Å². The Morgan fingerprint density at radius 3 is 2.62 bits per heavy atom. The van der Waals surface area contributed by atoms with E-state index in [-0.39, 0.29) is 5.91 Å². The molecule has 122 valence electrons. The summed E-state index contributed by atoms with van der Waals surface area (Å²) < 4.78 is 0. The number of rotatable bonds is 5. The lowest BCUT2D eigenvalue weighted by Gasteiger charge is -2.07. The summed E-state index contributed by atoms with van der Waals surface area (Å²) in [6.07, 6.45) is 1.88. The summed E-state index contributed by atoms with van der Waals surface area (Å²) in [5.74, 6) is -0.209. The van der Waals surface area contributed by atoms with E-state index in [0.29, 0.717) is 16.4 Å². The number of nitrogens with one attached hydrogen (secondary N) is 1. The van der Waals surface area contributed by atoms with Crippen molar-refractivity contribution in [3.63, 3.8) is 0 Å². The fourth-order valence-corrected chi connectivity index (χ4v) is 3.19. The molecule has 0 bridgehead atoms. The molecular weight excluding hydrogens is 320 g/mol. The van der Waals surface area contributed by atoms with Crippen molar-refractivity contribution in [1.29, 1.82) is 0 Å². The third-order valence-corrected chi connectivity index (χ3v) is 4.45. The standard InChI is InChI=1S/C18H18N4OS/c1-3-7-16-21-22-18(24-16)20-17(23)14-10-11-15(19-12(14)2)13-8-5-4-6-9-13/h4-6,8-11H,3,7H2,1-2H3,(H,20,22,23). The number of hydrogen-bond acceptors (Lipinski definition) is 5. The minimum absolute atomic E-state index is 0.209. The van der Waals surface area contributed by atoms with Crippen molar-refractivity contribution in [2.24, 2.45) is 0 Å². The number of nitrogens with zero attached hydrogens (tertiary/aromatic N) is 3. The van der Waals surface area contributed by atoms with Crippen LogP contribution < -0.4 is 5.32 Å². The van der Waals surface area contributed by atoms with Crippen LogP contribution in [0.4, 0.5) is 5.13 Å². The van der Waals surface area contributed by atoms with Crippen LogP contribution >= 0.6 is 11.3 Å². The maximum Gasteiger partial charge on any atom is 0.259 e. The van der Waals surface area contributed by atoms with Gasteiger partial charge >= 0.3 is 0 Å². The molecule has 0 atom stereocenters. The summed E-state index contributed by atoms with van der Waals surface area (Å²) in [4.78, 5) is 17.0. The molecule has 0 saturated carbocycles. The molecule has 3 aromatic rings. The normalized spacial score (nSPS) is 10.6. The van der Waals surface area contributed by atoms with Gasteiger partial charge in [0.1, 0.15) is 5.01 Å². The Hall–Kier alpha value is -2.60. The van der Waals surface area contributed by atoms with Crippen molar-refractivity contribution in [3.8, 4) is 11.3 Å². The summed E-state index contributed by atoms with van der Waals surface area (Å²) in [5, 5.41) is 12.3. The van der Waals surface area contributed by atoms with Gasteiger partial charge in [-0.25, -0.2) is 0 Å². The predicted molar refractivity (Wildman–Crippen MR) is 96.3 cm³/mol. The molecule has 3 rings (SSSR count). The molecule has 0 aliphatic heterocycles. The highest BCUT2D eigenvalue weighted by molar-refractivity contribution is 7.15. The Labute approximate surface area is 144 Å². The fraction of sp³-hybridized carbons (Fsp3) is 0.222. The molecule has 5 nitrogen and oxygen atoms in total. The first kappa shape index (κ1) is 16.3. The number of hydrogen-bond donors (Lipinski definition) is 1. The van der Waals surface area contributed by atoms with Gasteiger partial charge in [-0.2, -0.15) is 0 Å². The van der Waals surface area contributed by atoms with E-state index in [2.05, 4.69) is 27.4 Å². The highest BCUT2D eigenvalue weighted by Gasteiger charge is 2.14. The molecule has 0 spiro atoms. The third-order valence-electron chi connectivity index (χ3n) is 3.55. The van der Waals surface area contributed by atoms with E-state index in [1.807, 2.05) is 43.3 Å². The number of pyridine rings is 1. The number of aryl methyl sites for hydroxylation is 2. The molecule has 0 aliphatic carbocycles. The van der Waals surface area contributed by atoms with E-state index in [1.54, 1.807) is 6.07 Å². The second kappa shape index (κ2) is 7.31. The van der Waals surface area contributed by atoms with E-state index in [0.717, 1.165) is 29.1 Å². The lowest BCUT2D eigenvalue weighted by atomic mass is 10.1. The predicted octanol–water partition coefficient (Wildman–Crippen LogP) is 4.11. The first-order valence-electron chi connectivity index (χ1n) is 7.84. The number of amides is 1. The molecule has 1 amide bonds. The van der Waals surface area contributed by atoms with Crippen LogP contribution in [0.25, 0.3) is 11.3 Å². The number of aromatic nitrogens is 3. The molecule has 0 fully saturated rings. The Bertz CT molecular complexity index is 845. The number of benzene rings is 1. The van der Waals surface area contributed by atoms with Gasteiger partial charge in [0, 0.05) is 12.0 Å². The molecule has 0 saturated heterocycles. The summed E-state index contributed by atoms with van der Waals surface area (Å²) in [6.45, 7) is 3.92. The van der Waals surface area contributed by atoms with Crippen LogP contribution in [0, 0.1) is 6.92 Å². The molecular formula is C18H18N4OS. The largest absolute Gasteiger partial charge is 0.296 e. The van der Waals surface area contributed by atoms with Gasteiger partial charge in [-0.3, -0.25) is 15.1 Å². The molecule has 0 radical (unpaired) electrons. The van der Waals surface area contributed by atoms with Gasteiger partial charge in [-0.05, 0) is 25.5 Å². The van der Waals surface area contributed by atoms with Crippen molar-refractivity contribution < 1.29 is 4.79 Å². The molecule has 1 N–H and O–H groups in total. The van der Waals surface area contributed by atoms with Crippen molar-refractivity contribution in [1.82, 2.24) is 15.2 Å². The number of carbonyl (C=O) groups is 1. The second-order valence-corrected chi connectivity index (χ2v) is 6.46. The highest BCUT2D eigenvalue weighted by atomic mass is 32.1. The highest BCUT2D eigenvalue weighted by Crippen LogP contribution is 2.21. The van der Waals surface area contributed by atoms with Crippen molar-refractivity contribution in [2.45, 2.75) is 26.7 Å².